The van der Waals surface area contributed by atoms with E-state index in [1.54, 1.807) is 30.3 Å². The quantitative estimate of drug-likeness (QED) is 0.865. The molecule has 5 nitrogen and oxygen atoms in total. The Morgan fingerprint density at radius 2 is 2.15 bits per heavy atom. The first kappa shape index (κ1) is 14.6. The standard InChI is InChI=1S/C13H10ClNO4S/c14-9-3-1-2-8(6-9)7-10-12(18)15(13(19)20-10)5-4-11(16)17/h1-3,6-7H,4-5H2,(H,16,17). The van der Waals surface area contributed by atoms with Crippen LogP contribution in [-0.4, -0.2) is 33.7 Å². The minimum absolute atomic E-state index is 0.118. The van der Waals surface area contributed by atoms with Gasteiger partial charge >= 0.3 is 5.97 Å². The maximum Gasteiger partial charge on any atom is 0.305 e. The molecule has 0 spiro atoms. The van der Waals surface area contributed by atoms with Gasteiger partial charge in [0.15, 0.2) is 0 Å². The molecular weight excluding hydrogens is 302 g/mol. The number of thioether (sulfide) groups is 1. The zero-order valence-electron chi connectivity index (χ0n) is 10.2. The Balaban J connectivity index is 2.17. The number of rotatable bonds is 4. The number of imide groups is 1. The average molecular weight is 312 g/mol. The molecular formula is C13H10ClNO4S. The van der Waals surface area contributed by atoms with E-state index in [0.717, 1.165) is 16.7 Å². The lowest BCUT2D eigenvalue weighted by Crippen LogP contribution is -2.30. The maximum atomic E-state index is 12.0. The van der Waals surface area contributed by atoms with Crippen LogP contribution in [0.15, 0.2) is 29.2 Å². The van der Waals surface area contributed by atoms with Crippen molar-refractivity contribution in [1.29, 1.82) is 0 Å². The summed E-state index contributed by atoms with van der Waals surface area (Å²) in [6.07, 6.45) is 1.31. The van der Waals surface area contributed by atoms with Gasteiger partial charge in [0.2, 0.25) is 0 Å². The maximum absolute atomic E-state index is 12.0. The van der Waals surface area contributed by atoms with Crippen LogP contribution in [0.4, 0.5) is 4.79 Å². The predicted octanol–water partition coefficient (Wildman–Crippen LogP) is 2.85. The molecule has 1 aliphatic heterocycles. The molecule has 104 valence electrons. The monoisotopic (exact) mass is 311 g/mol. The molecule has 0 unspecified atom stereocenters. The molecule has 1 aromatic carbocycles. The first-order valence-corrected chi connectivity index (χ1v) is 6.89. The molecule has 1 N–H and O–H groups in total. The third kappa shape index (κ3) is 3.40. The highest BCUT2D eigenvalue weighted by Crippen LogP contribution is 2.32. The third-order valence-corrected chi connectivity index (χ3v) is 3.71. The van der Waals surface area contributed by atoms with Gasteiger partial charge in [-0.2, -0.15) is 0 Å². The van der Waals surface area contributed by atoms with Gasteiger partial charge in [0.05, 0.1) is 11.3 Å². The third-order valence-electron chi connectivity index (χ3n) is 2.57. The van der Waals surface area contributed by atoms with E-state index >= 15 is 0 Å². The van der Waals surface area contributed by atoms with Crippen LogP contribution in [0.2, 0.25) is 5.02 Å². The Bertz CT molecular complexity index is 614. The first-order chi connectivity index (χ1) is 9.47. The molecule has 2 amide bonds. The van der Waals surface area contributed by atoms with Crippen LogP contribution in [0, 0.1) is 0 Å². The number of halogens is 1. The first-order valence-electron chi connectivity index (χ1n) is 5.70. The second-order valence-corrected chi connectivity index (χ2v) is 5.46. The van der Waals surface area contributed by atoms with Crippen LogP contribution >= 0.6 is 23.4 Å². The summed E-state index contributed by atoms with van der Waals surface area (Å²) in [4.78, 5) is 35.4. The summed E-state index contributed by atoms with van der Waals surface area (Å²) in [6.45, 7) is -0.118. The molecule has 1 saturated heterocycles. The Hall–Kier alpha value is -1.79. The Morgan fingerprint density at radius 3 is 2.80 bits per heavy atom. The molecule has 1 heterocycles. The topological polar surface area (TPSA) is 74.7 Å². The van der Waals surface area contributed by atoms with Gasteiger partial charge in [0, 0.05) is 11.6 Å². The van der Waals surface area contributed by atoms with Crippen molar-refractivity contribution in [3.63, 3.8) is 0 Å². The van der Waals surface area contributed by atoms with E-state index in [2.05, 4.69) is 0 Å². The fourth-order valence-corrected chi connectivity index (χ4v) is 2.71. The van der Waals surface area contributed by atoms with Crippen molar-refractivity contribution >= 4 is 46.6 Å². The fourth-order valence-electron chi connectivity index (χ4n) is 1.65. The number of carbonyl (C=O) groups excluding carboxylic acids is 2. The molecule has 0 aliphatic carbocycles. The lowest BCUT2D eigenvalue weighted by molar-refractivity contribution is -0.137. The molecule has 0 aromatic heterocycles. The number of amides is 2. The number of hydrogen-bond acceptors (Lipinski definition) is 4. The molecule has 1 aliphatic rings. The average Bonchev–Trinajstić information content (AvgIpc) is 2.62. The van der Waals surface area contributed by atoms with Crippen molar-refractivity contribution in [2.75, 3.05) is 6.54 Å². The van der Waals surface area contributed by atoms with Crippen molar-refractivity contribution in [3.8, 4) is 0 Å². The second kappa shape index (κ2) is 6.11. The zero-order valence-corrected chi connectivity index (χ0v) is 11.8. The summed E-state index contributed by atoms with van der Waals surface area (Å²) < 4.78 is 0. The summed E-state index contributed by atoms with van der Waals surface area (Å²) in [5, 5.41) is 8.67. The van der Waals surface area contributed by atoms with E-state index in [1.807, 2.05) is 0 Å². The van der Waals surface area contributed by atoms with E-state index in [1.165, 1.54) is 0 Å². The Morgan fingerprint density at radius 1 is 1.40 bits per heavy atom. The van der Waals surface area contributed by atoms with E-state index in [-0.39, 0.29) is 17.9 Å². The predicted molar refractivity (Wildman–Crippen MR) is 76.4 cm³/mol. The molecule has 20 heavy (non-hydrogen) atoms. The van der Waals surface area contributed by atoms with E-state index < -0.39 is 17.1 Å². The largest absolute Gasteiger partial charge is 0.481 e. The number of aliphatic carboxylic acids is 1. The highest BCUT2D eigenvalue weighted by Gasteiger charge is 2.34. The lowest BCUT2D eigenvalue weighted by atomic mass is 10.2. The van der Waals surface area contributed by atoms with Crippen LogP contribution < -0.4 is 0 Å². The van der Waals surface area contributed by atoms with Gasteiger partial charge in [-0.25, -0.2) is 0 Å². The highest BCUT2D eigenvalue weighted by molar-refractivity contribution is 8.18. The van der Waals surface area contributed by atoms with Crippen LogP contribution in [-0.2, 0) is 9.59 Å². The molecule has 0 saturated carbocycles. The van der Waals surface area contributed by atoms with Crippen molar-refractivity contribution in [1.82, 2.24) is 4.90 Å². The van der Waals surface area contributed by atoms with Gasteiger partial charge in [0.25, 0.3) is 11.1 Å². The van der Waals surface area contributed by atoms with Crippen LogP contribution in [0.1, 0.15) is 12.0 Å². The van der Waals surface area contributed by atoms with Crippen molar-refractivity contribution < 1.29 is 19.5 Å². The van der Waals surface area contributed by atoms with Crippen molar-refractivity contribution in [2.24, 2.45) is 0 Å². The molecule has 0 atom stereocenters. The van der Waals surface area contributed by atoms with Gasteiger partial charge in [-0.3, -0.25) is 19.3 Å². The fraction of sp³-hybridized carbons (Fsp3) is 0.154. The molecule has 7 heteroatoms. The van der Waals surface area contributed by atoms with Gasteiger partial charge < -0.3 is 5.11 Å². The smallest absolute Gasteiger partial charge is 0.305 e. The normalized spacial score (nSPS) is 17.1. The molecule has 0 bridgehead atoms. The number of carbonyl (C=O) groups is 3. The van der Waals surface area contributed by atoms with Gasteiger partial charge in [-0.15, -0.1) is 0 Å². The molecule has 2 rings (SSSR count). The van der Waals surface area contributed by atoms with Crippen molar-refractivity contribution in [3.05, 3.63) is 39.8 Å². The number of hydrogen-bond donors (Lipinski definition) is 1. The Kier molecular flexibility index (Phi) is 4.46. The van der Waals surface area contributed by atoms with Gasteiger partial charge in [0.1, 0.15) is 0 Å². The van der Waals surface area contributed by atoms with Gasteiger partial charge in [-0.05, 0) is 35.5 Å². The summed E-state index contributed by atoms with van der Waals surface area (Å²) in [6, 6.07) is 6.88. The molecule has 1 aromatic rings. The zero-order chi connectivity index (χ0) is 14.7. The summed E-state index contributed by atoms with van der Waals surface area (Å²) in [5.74, 6) is -1.52. The van der Waals surface area contributed by atoms with E-state index in [9.17, 15) is 14.4 Å². The minimum atomic E-state index is -1.05. The van der Waals surface area contributed by atoms with E-state index in [0.29, 0.717) is 10.6 Å². The number of nitrogens with zero attached hydrogens (tertiary/aromatic N) is 1. The van der Waals surface area contributed by atoms with Crippen molar-refractivity contribution in [2.45, 2.75) is 6.42 Å². The second-order valence-electron chi connectivity index (χ2n) is 4.03. The summed E-state index contributed by atoms with van der Waals surface area (Å²) >= 11 is 6.64. The van der Waals surface area contributed by atoms with E-state index in [4.69, 9.17) is 16.7 Å². The Labute approximate surface area is 124 Å². The number of carboxylic acids is 1. The lowest BCUT2D eigenvalue weighted by Gasteiger charge is -2.09. The molecule has 1 fully saturated rings. The number of carboxylic acid groups (broad SMARTS) is 1. The SMILES string of the molecule is O=C(O)CCN1C(=O)SC(=Cc2cccc(Cl)c2)C1=O. The van der Waals surface area contributed by atoms with Crippen LogP contribution in [0.3, 0.4) is 0 Å². The van der Waals surface area contributed by atoms with Gasteiger partial charge in [-0.1, -0.05) is 23.7 Å². The minimum Gasteiger partial charge on any atom is -0.481 e. The summed E-state index contributed by atoms with van der Waals surface area (Å²) in [5.41, 5.74) is 0.709. The van der Waals surface area contributed by atoms with Crippen LogP contribution in [0.5, 0.6) is 0 Å². The molecule has 0 radical (unpaired) electrons. The number of benzene rings is 1. The highest BCUT2D eigenvalue weighted by atomic mass is 35.5. The van der Waals surface area contributed by atoms with Crippen LogP contribution in [0.25, 0.3) is 6.08 Å². The summed E-state index contributed by atoms with van der Waals surface area (Å²) in [7, 11) is 0.